The molecule has 2 aromatic rings. The third-order valence-electron chi connectivity index (χ3n) is 2.85. The summed E-state index contributed by atoms with van der Waals surface area (Å²) in [6.45, 7) is 0.523. The molecule has 0 bridgehead atoms. The number of benzene rings is 2. The summed E-state index contributed by atoms with van der Waals surface area (Å²) < 4.78 is 13.9. The molecule has 0 radical (unpaired) electrons. The molecule has 2 aromatic carbocycles. The van der Waals surface area contributed by atoms with Crippen LogP contribution in [0.15, 0.2) is 58.5 Å². The zero-order valence-corrected chi connectivity index (χ0v) is 9.68. The largest absolute Gasteiger partial charge is 0.279 e. The van der Waals surface area contributed by atoms with Crippen LogP contribution in [0.4, 0.5) is 4.39 Å². The third-order valence-corrected chi connectivity index (χ3v) is 2.85. The molecule has 0 saturated carbocycles. The van der Waals surface area contributed by atoms with Gasteiger partial charge in [-0.15, -0.1) is 0 Å². The minimum atomic E-state index is -0.263. The molecule has 0 aromatic heterocycles. The van der Waals surface area contributed by atoms with Gasteiger partial charge in [-0.25, -0.2) is 4.39 Å². The van der Waals surface area contributed by atoms with Gasteiger partial charge in [0.2, 0.25) is 0 Å². The molecule has 0 saturated heterocycles. The van der Waals surface area contributed by atoms with Gasteiger partial charge in [-0.3, -0.25) is 9.98 Å². The minimum absolute atomic E-state index is 0.263. The molecule has 2 nitrogen and oxygen atoms in total. The second-order valence-corrected chi connectivity index (χ2v) is 4.00. The van der Waals surface area contributed by atoms with Gasteiger partial charge in [0.15, 0.2) is 0 Å². The summed E-state index contributed by atoms with van der Waals surface area (Å²) in [5, 5.41) is 1.73. The lowest BCUT2D eigenvalue weighted by molar-refractivity contribution is 0.623. The lowest BCUT2D eigenvalue weighted by Crippen LogP contribution is -2.26. The van der Waals surface area contributed by atoms with Crippen molar-refractivity contribution in [1.82, 2.24) is 0 Å². The molecule has 0 N–H and O–H groups in total. The van der Waals surface area contributed by atoms with Crippen molar-refractivity contribution < 1.29 is 4.39 Å². The Hall–Kier alpha value is -2.29. The highest BCUT2D eigenvalue weighted by Gasteiger charge is 2.08. The van der Waals surface area contributed by atoms with Crippen molar-refractivity contribution >= 4 is 11.9 Å². The van der Waals surface area contributed by atoms with E-state index in [-0.39, 0.29) is 5.82 Å². The van der Waals surface area contributed by atoms with E-state index in [0.29, 0.717) is 17.8 Å². The Kier molecular flexibility index (Phi) is 2.73. The van der Waals surface area contributed by atoms with Crippen LogP contribution in [0.3, 0.4) is 0 Å². The van der Waals surface area contributed by atoms with Gasteiger partial charge in [0.25, 0.3) is 0 Å². The average Bonchev–Trinajstić information content (AvgIpc) is 2.62. The van der Waals surface area contributed by atoms with Gasteiger partial charge in [-0.1, -0.05) is 30.3 Å². The van der Waals surface area contributed by atoms with Crippen LogP contribution in [0.2, 0.25) is 0 Å². The van der Waals surface area contributed by atoms with Crippen molar-refractivity contribution in [2.75, 3.05) is 6.54 Å². The number of aliphatic imine (C=N–C) groups is 1. The van der Waals surface area contributed by atoms with Gasteiger partial charge in [0, 0.05) is 17.0 Å². The SMILES string of the molecule is Fc1ccccc1C1=c2ccccc2=NCC=N1. The first kappa shape index (κ1) is 10.8. The second kappa shape index (κ2) is 4.53. The molecule has 3 rings (SSSR count). The van der Waals surface area contributed by atoms with Crippen LogP contribution in [-0.4, -0.2) is 12.8 Å². The van der Waals surface area contributed by atoms with Crippen molar-refractivity contribution in [1.29, 1.82) is 0 Å². The molecule has 3 heteroatoms. The van der Waals surface area contributed by atoms with Crippen LogP contribution >= 0.6 is 0 Å². The zero-order chi connectivity index (χ0) is 12.4. The Balaban J connectivity index is 2.41. The smallest absolute Gasteiger partial charge is 0.132 e. The number of halogens is 1. The number of nitrogens with zero attached hydrogens (tertiary/aromatic N) is 2. The molecule has 88 valence electrons. The average molecular weight is 238 g/mol. The molecule has 18 heavy (non-hydrogen) atoms. The van der Waals surface area contributed by atoms with Crippen molar-refractivity contribution in [2.24, 2.45) is 9.98 Å². The maximum Gasteiger partial charge on any atom is 0.132 e. The lowest BCUT2D eigenvalue weighted by atomic mass is 10.1. The summed E-state index contributed by atoms with van der Waals surface area (Å²) in [7, 11) is 0. The first-order chi connectivity index (χ1) is 8.86. The van der Waals surface area contributed by atoms with Crippen molar-refractivity contribution in [2.45, 2.75) is 0 Å². The van der Waals surface area contributed by atoms with E-state index in [0.717, 1.165) is 10.6 Å². The summed E-state index contributed by atoms with van der Waals surface area (Å²) in [5.41, 5.74) is 1.16. The Bertz CT molecular complexity index is 732. The number of hydrogen-bond donors (Lipinski definition) is 0. The lowest BCUT2D eigenvalue weighted by Gasteiger charge is -2.03. The monoisotopic (exact) mass is 238 g/mol. The van der Waals surface area contributed by atoms with Crippen molar-refractivity contribution in [3.05, 3.63) is 70.5 Å². The quantitative estimate of drug-likeness (QED) is 0.722. The fourth-order valence-electron chi connectivity index (χ4n) is 2.02. The predicted molar refractivity (Wildman–Crippen MR) is 69.5 cm³/mol. The zero-order valence-electron chi connectivity index (χ0n) is 9.68. The Morgan fingerprint density at radius 3 is 2.61 bits per heavy atom. The summed E-state index contributed by atoms with van der Waals surface area (Å²) in [6, 6.07) is 14.4. The van der Waals surface area contributed by atoms with Crippen LogP contribution in [-0.2, 0) is 0 Å². The van der Waals surface area contributed by atoms with E-state index >= 15 is 0 Å². The van der Waals surface area contributed by atoms with Gasteiger partial charge in [-0.2, -0.15) is 0 Å². The number of para-hydroxylation sites is 1. The number of rotatable bonds is 1. The van der Waals surface area contributed by atoms with Gasteiger partial charge < -0.3 is 0 Å². The Morgan fingerprint density at radius 2 is 1.72 bits per heavy atom. The fourth-order valence-corrected chi connectivity index (χ4v) is 2.02. The van der Waals surface area contributed by atoms with E-state index in [2.05, 4.69) is 9.98 Å². The van der Waals surface area contributed by atoms with Crippen molar-refractivity contribution in [3.63, 3.8) is 0 Å². The molecular formula is C15H11FN2. The van der Waals surface area contributed by atoms with Gasteiger partial charge in [0.05, 0.1) is 17.6 Å². The van der Waals surface area contributed by atoms with E-state index in [1.165, 1.54) is 6.07 Å². The topological polar surface area (TPSA) is 24.7 Å². The summed E-state index contributed by atoms with van der Waals surface area (Å²) >= 11 is 0. The number of hydrogen-bond acceptors (Lipinski definition) is 2. The van der Waals surface area contributed by atoms with E-state index in [1.54, 1.807) is 18.3 Å². The first-order valence-electron chi connectivity index (χ1n) is 5.77. The van der Waals surface area contributed by atoms with Crippen LogP contribution in [0.1, 0.15) is 5.56 Å². The Morgan fingerprint density at radius 1 is 0.944 bits per heavy atom. The summed E-state index contributed by atoms with van der Waals surface area (Å²) in [6.07, 6.45) is 1.71. The highest BCUT2D eigenvalue weighted by atomic mass is 19.1. The number of fused-ring (bicyclic) bond motifs is 1. The molecule has 0 amide bonds. The molecule has 0 aliphatic carbocycles. The minimum Gasteiger partial charge on any atom is -0.279 e. The Labute approximate surface area is 104 Å². The molecule has 0 fully saturated rings. The van der Waals surface area contributed by atoms with Gasteiger partial charge in [0.1, 0.15) is 5.82 Å². The molecule has 1 heterocycles. The van der Waals surface area contributed by atoms with Gasteiger partial charge in [-0.05, 0) is 18.2 Å². The fraction of sp³-hybridized carbons (Fsp3) is 0.0667. The van der Waals surface area contributed by atoms with E-state index in [9.17, 15) is 4.39 Å². The van der Waals surface area contributed by atoms with E-state index < -0.39 is 0 Å². The highest BCUT2D eigenvalue weighted by Crippen LogP contribution is 2.16. The molecule has 1 aliphatic rings. The van der Waals surface area contributed by atoms with E-state index in [4.69, 9.17) is 0 Å². The second-order valence-electron chi connectivity index (χ2n) is 4.00. The van der Waals surface area contributed by atoms with Crippen molar-refractivity contribution in [3.8, 4) is 0 Å². The normalized spacial score (nSPS) is 13.7. The third kappa shape index (κ3) is 1.84. The van der Waals surface area contributed by atoms with Crippen LogP contribution in [0.25, 0.3) is 5.70 Å². The molecule has 1 aliphatic heterocycles. The summed E-state index contributed by atoms with van der Waals surface area (Å²) in [4.78, 5) is 8.75. The highest BCUT2D eigenvalue weighted by molar-refractivity contribution is 5.75. The molecule has 0 unspecified atom stereocenters. The molecular weight excluding hydrogens is 227 g/mol. The molecule has 0 spiro atoms. The first-order valence-corrected chi connectivity index (χ1v) is 5.77. The van der Waals surface area contributed by atoms with Gasteiger partial charge >= 0.3 is 0 Å². The van der Waals surface area contributed by atoms with Crippen LogP contribution in [0.5, 0.6) is 0 Å². The van der Waals surface area contributed by atoms with E-state index in [1.807, 2.05) is 30.3 Å². The standard InChI is InChI=1S/C15H11FN2/c16-13-7-3-1-5-11(13)15-12-6-2-4-8-14(12)17-9-10-18-15/h1-8,10H,9H2. The predicted octanol–water partition coefficient (Wildman–Crippen LogP) is 1.69. The summed E-state index contributed by atoms with van der Waals surface area (Å²) in [5.74, 6) is -0.263. The molecule has 0 atom stereocenters. The van der Waals surface area contributed by atoms with Crippen LogP contribution < -0.4 is 10.6 Å². The maximum absolute atomic E-state index is 13.9. The van der Waals surface area contributed by atoms with Crippen LogP contribution in [0, 0.1) is 5.82 Å². The maximum atomic E-state index is 13.9.